The van der Waals surface area contributed by atoms with E-state index in [4.69, 9.17) is 10.2 Å². The lowest BCUT2D eigenvalue weighted by molar-refractivity contribution is -0.137. The summed E-state index contributed by atoms with van der Waals surface area (Å²) >= 11 is 6.68. The SMILES string of the molecule is CC.CC.CC.CO.O=C(O)CCCCCNC(=O)c1cc(CBr)nc(CBr)c1. The Morgan fingerprint density at radius 2 is 1.34 bits per heavy atom. The third-order valence-corrected chi connectivity index (χ3v) is 3.97. The lowest BCUT2D eigenvalue weighted by Crippen LogP contribution is -2.24. The zero-order valence-electron chi connectivity index (χ0n) is 19.0. The van der Waals surface area contributed by atoms with Gasteiger partial charge in [0.15, 0.2) is 0 Å². The van der Waals surface area contributed by atoms with Gasteiger partial charge in [-0.05, 0) is 25.0 Å². The smallest absolute Gasteiger partial charge is 0.303 e. The minimum atomic E-state index is -0.777. The standard InChI is InChI=1S/C14H18Br2N2O3.3C2H6.CH4O/c15-8-11-6-10(7-12(9-16)18-11)14(21)17-5-3-1-2-4-13(19)20;4*1-2/h6-7H,1-5,8-9H2,(H,17,21)(H,19,20);3*1-2H3;2H,1H3. The maximum absolute atomic E-state index is 12.1. The highest BCUT2D eigenvalue weighted by atomic mass is 79.9. The molecule has 0 aliphatic rings. The van der Waals surface area contributed by atoms with Crippen molar-refractivity contribution < 1.29 is 19.8 Å². The van der Waals surface area contributed by atoms with Gasteiger partial charge in [-0.2, -0.15) is 0 Å². The molecule has 6 nitrogen and oxygen atoms in total. The number of alkyl halides is 2. The molecule has 0 aliphatic heterocycles. The molecule has 0 saturated heterocycles. The van der Waals surface area contributed by atoms with Gasteiger partial charge in [0.1, 0.15) is 0 Å². The molecule has 1 rings (SSSR count). The van der Waals surface area contributed by atoms with Crippen LogP contribution >= 0.6 is 31.9 Å². The molecule has 0 atom stereocenters. The van der Waals surface area contributed by atoms with Crippen LogP contribution in [0.5, 0.6) is 0 Å². The Balaban J connectivity index is -0.000000347. The molecule has 0 fully saturated rings. The molecular weight excluding hydrogens is 504 g/mol. The number of halogens is 2. The Morgan fingerprint density at radius 3 is 1.72 bits per heavy atom. The van der Waals surface area contributed by atoms with Crippen molar-refractivity contribution in [3.05, 3.63) is 29.1 Å². The van der Waals surface area contributed by atoms with E-state index in [1.54, 1.807) is 12.1 Å². The van der Waals surface area contributed by atoms with E-state index < -0.39 is 5.97 Å². The van der Waals surface area contributed by atoms with Gasteiger partial charge >= 0.3 is 5.97 Å². The van der Waals surface area contributed by atoms with Gasteiger partial charge in [0.05, 0.1) is 11.4 Å². The van der Waals surface area contributed by atoms with Crippen LogP contribution in [0.3, 0.4) is 0 Å². The number of aliphatic carboxylic acids is 1. The van der Waals surface area contributed by atoms with Gasteiger partial charge in [0.25, 0.3) is 5.91 Å². The van der Waals surface area contributed by atoms with Crippen molar-refractivity contribution in [2.45, 2.75) is 77.9 Å². The molecule has 1 amide bonds. The van der Waals surface area contributed by atoms with E-state index >= 15 is 0 Å². The van der Waals surface area contributed by atoms with Crippen LogP contribution < -0.4 is 5.32 Å². The van der Waals surface area contributed by atoms with Crippen molar-refractivity contribution in [2.75, 3.05) is 13.7 Å². The summed E-state index contributed by atoms with van der Waals surface area (Å²) in [6.45, 7) is 12.5. The first-order valence-corrected chi connectivity index (χ1v) is 12.4. The maximum atomic E-state index is 12.1. The minimum absolute atomic E-state index is 0.125. The van der Waals surface area contributed by atoms with Crippen molar-refractivity contribution in [1.82, 2.24) is 10.3 Å². The van der Waals surface area contributed by atoms with Crippen LogP contribution in [0.4, 0.5) is 0 Å². The summed E-state index contributed by atoms with van der Waals surface area (Å²) in [6.07, 6.45) is 2.40. The van der Waals surface area contributed by atoms with E-state index in [1.165, 1.54) is 0 Å². The van der Waals surface area contributed by atoms with Crippen LogP contribution in [0.1, 0.15) is 89.0 Å². The second-order valence-electron chi connectivity index (χ2n) is 4.57. The fourth-order valence-electron chi connectivity index (χ4n) is 1.80. The summed E-state index contributed by atoms with van der Waals surface area (Å²) in [5.41, 5.74) is 2.23. The van der Waals surface area contributed by atoms with Crippen molar-refractivity contribution in [3.8, 4) is 0 Å². The van der Waals surface area contributed by atoms with E-state index in [-0.39, 0.29) is 12.3 Å². The number of aliphatic hydroxyl groups is 1. The predicted molar refractivity (Wildman–Crippen MR) is 130 cm³/mol. The molecular formula is C21H40Br2N2O4. The second-order valence-corrected chi connectivity index (χ2v) is 5.69. The summed E-state index contributed by atoms with van der Waals surface area (Å²) < 4.78 is 0. The number of carboxylic acids is 1. The number of carbonyl (C=O) groups excluding carboxylic acids is 1. The van der Waals surface area contributed by atoms with Crippen molar-refractivity contribution in [1.29, 1.82) is 0 Å². The summed E-state index contributed by atoms with van der Waals surface area (Å²) in [5.74, 6) is -0.902. The van der Waals surface area contributed by atoms with Crippen molar-refractivity contribution in [3.63, 3.8) is 0 Å². The summed E-state index contributed by atoms with van der Waals surface area (Å²) in [6, 6.07) is 3.53. The number of aliphatic hydroxyl groups excluding tert-OH is 1. The third kappa shape index (κ3) is 21.5. The number of amides is 1. The quantitative estimate of drug-likeness (QED) is 0.264. The van der Waals surface area contributed by atoms with Crippen molar-refractivity contribution in [2.24, 2.45) is 0 Å². The molecule has 0 aromatic carbocycles. The highest BCUT2D eigenvalue weighted by molar-refractivity contribution is 9.08. The van der Waals surface area contributed by atoms with E-state index in [0.717, 1.165) is 31.3 Å². The highest BCUT2D eigenvalue weighted by Gasteiger charge is 2.09. The van der Waals surface area contributed by atoms with Crippen LogP contribution in [0.25, 0.3) is 0 Å². The Labute approximate surface area is 194 Å². The minimum Gasteiger partial charge on any atom is -0.481 e. The third-order valence-electron chi connectivity index (χ3n) is 2.82. The number of nitrogens with zero attached hydrogens (tertiary/aromatic N) is 1. The molecule has 0 aliphatic carbocycles. The molecule has 1 heterocycles. The summed E-state index contributed by atoms with van der Waals surface area (Å²) in [4.78, 5) is 26.8. The van der Waals surface area contributed by atoms with Gasteiger partial charge in [-0.1, -0.05) is 79.8 Å². The number of carbonyl (C=O) groups is 2. The van der Waals surface area contributed by atoms with Gasteiger partial charge in [0.2, 0.25) is 0 Å². The van der Waals surface area contributed by atoms with E-state index in [9.17, 15) is 9.59 Å². The monoisotopic (exact) mass is 542 g/mol. The number of rotatable bonds is 9. The first kappa shape index (κ1) is 35.4. The van der Waals surface area contributed by atoms with Crippen LogP contribution in [-0.2, 0) is 15.5 Å². The Morgan fingerprint density at radius 1 is 0.897 bits per heavy atom. The normalized spacial score (nSPS) is 8.34. The van der Waals surface area contributed by atoms with Gasteiger partial charge < -0.3 is 15.5 Å². The lowest BCUT2D eigenvalue weighted by atomic mass is 10.1. The summed E-state index contributed by atoms with van der Waals surface area (Å²) in [7, 11) is 1.00. The average molecular weight is 544 g/mol. The fourth-order valence-corrected chi connectivity index (χ4v) is 2.37. The molecule has 0 bridgehead atoms. The molecule has 29 heavy (non-hydrogen) atoms. The van der Waals surface area contributed by atoms with Crippen LogP contribution in [0.15, 0.2) is 12.1 Å². The van der Waals surface area contributed by atoms with Crippen molar-refractivity contribution >= 4 is 43.7 Å². The molecule has 3 N–H and O–H groups in total. The van der Waals surface area contributed by atoms with Crippen LogP contribution in [-0.4, -0.2) is 40.7 Å². The van der Waals surface area contributed by atoms with Gasteiger partial charge in [0, 0.05) is 36.3 Å². The molecule has 0 radical (unpaired) electrons. The zero-order chi connectivity index (χ0) is 23.7. The average Bonchev–Trinajstić information content (AvgIpc) is 2.80. The first-order valence-electron chi connectivity index (χ1n) is 10.1. The number of nitrogens with one attached hydrogen (secondary N) is 1. The molecule has 1 aromatic rings. The van der Waals surface area contributed by atoms with Gasteiger partial charge in [-0.25, -0.2) is 0 Å². The Bertz CT molecular complexity index is 479. The molecule has 8 heteroatoms. The number of hydrogen-bond acceptors (Lipinski definition) is 4. The number of pyridine rings is 1. The molecule has 0 unspecified atom stereocenters. The Hall–Kier alpha value is -0.990. The highest BCUT2D eigenvalue weighted by Crippen LogP contribution is 2.12. The van der Waals surface area contributed by atoms with Gasteiger partial charge in [-0.3, -0.25) is 14.6 Å². The predicted octanol–water partition coefficient (Wildman–Crippen LogP) is 5.93. The Kier molecular flexibility index (Phi) is 35.7. The zero-order valence-corrected chi connectivity index (χ0v) is 22.2. The maximum Gasteiger partial charge on any atom is 0.303 e. The first-order chi connectivity index (χ1) is 14.1. The second kappa shape index (κ2) is 29.2. The lowest BCUT2D eigenvalue weighted by Gasteiger charge is -2.07. The van der Waals surface area contributed by atoms with Crippen LogP contribution in [0, 0.1) is 0 Å². The number of carboxylic acid groups (broad SMARTS) is 1. The molecule has 0 spiro atoms. The fraction of sp³-hybridized carbons (Fsp3) is 0.667. The van der Waals surface area contributed by atoms with E-state index in [0.29, 0.717) is 29.2 Å². The number of hydrogen-bond donors (Lipinski definition) is 3. The largest absolute Gasteiger partial charge is 0.481 e. The number of aromatic nitrogens is 1. The molecule has 172 valence electrons. The molecule has 1 aromatic heterocycles. The molecule has 0 saturated carbocycles. The van der Waals surface area contributed by atoms with E-state index in [2.05, 4.69) is 42.2 Å². The number of unbranched alkanes of at least 4 members (excludes halogenated alkanes) is 2. The van der Waals surface area contributed by atoms with Gasteiger partial charge in [-0.15, -0.1) is 0 Å². The summed E-state index contributed by atoms with van der Waals surface area (Å²) in [5, 5.41) is 19.6. The van der Waals surface area contributed by atoms with E-state index in [1.807, 2.05) is 41.5 Å². The van der Waals surface area contributed by atoms with Crippen LogP contribution in [0.2, 0.25) is 0 Å². The topological polar surface area (TPSA) is 99.5 Å².